The van der Waals surface area contributed by atoms with Gasteiger partial charge in [-0.2, -0.15) is 0 Å². The molecule has 0 aliphatic rings. The van der Waals surface area contributed by atoms with E-state index in [0.717, 1.165) is 0 Å². The molecule has 0 fully saturated rings. The highest BCUT2D eigenvalue weighted by molar-refractivity contribution is 5.89. The van der Waals surface area contributed by atoms with Gasteiger partial charge in [-0.1, -0.05) is 13.8 Å². The molecule has 4 N–H and O–H groups in total. The molecule has 24 heavy (non-hydrogen) atoms. The minimum atomic E-state index is -0.616. The Bertz CT molecular complexity index is 509. The number of aliphatic hydroxyl groups is 1. The molecule has 1 rings (SSSR count). The Hall–Kier alpha value is -1.99. The van der Waals surface area contributed by atoms with Crippen molar-refractivity contribution in [3.8, 4) is 11.5 Å². The number of anilines is 1. The highest BCUT2D eigenvalue weighted by Gasteiger charge is 2.11. The zero-order chi connectivity index (χ0) is 17.9. The summed E-state index contributed by atoms with van der Waals surface area (Å²) >= 11 is 0. The third-order valence-corrected chi connectivity index (χ3v) is 3.03. The van der Waals surface area contributed by atoms with E-state index in [2.05, 4.69) is 16.0 Å². The SMILES string of the molecule is CCNC(=O)Nc1ccc(OC[C@@H](O)CNC(C)C)c(OCC)c1. The Balaban J connectivity index is 2.67. The molecule has 0 unspecified atom stereocenters. The van der Waals surface area contributed by atoms with Gasteiger partial charge in [0.1, 0.15) is 12.7 Å². The van der Waals surface area contributed by atoms with Crippen molar-refractivity contribution in [1.29, 1.82) is 0 Å². The molecule has 136 valence electrons. The van der Waals surface area contributed by atoms with Crippen molar-refractivity contribution in [1.82, 2.24) is 10.6 Å². The summed E-state index contributed by atoms with van der Waals surface area (Å²) in [6, 6.07) is 5.18. The van der Waals surface area contributed by atoms with Gasteiger partial charge < -0.3 is 30.5 Å². The van der Waals surface area contributed by atoms with Gasteiger partial charge in [0.2, 0.25) is 0 Å². The van der Waals surface area contributed by atoms with Crippen LogP contribution in [0.3, 0.4) is 0 Å². The number of urea groups is 1. The van der Waals surface area contributed by atoms with Crippen LogP contribution in [0.4, 0.5) is 10.5 Å². The molecular formula is C17H29N3O4. The molecule has 0 aromatic heterocycles. The van der Waals surface area contributed by atoms with Crippen molar-refractivity contribution in [3.63, 3.8) is 0 Å². The number of nitrogens with one attached hydrogen (secondary N) is 3. The normalized spacial score (nSPS) is 11.9. The van der Waals surface area contributed by atoms with E-state index in [1.807, 2.05) is 27.7 Å². The molecule has 0 saturated carbocycles. The minimum Gasteiger partial charge on any atom is -0.490 e. The third-order valence-electron chi connectivity index (χ3n) is 3.03. The number of benzene rings is 1. The molecule has 0 bridgehead atoms. The largest absolute Gasteiger partial charge is 0.490 e. The summed E-state index contributed by atoms with van der Waals surface area (Å²) in [5.74, 6) is 1.05. The maximum atomic E-state index is 11.6. The number of carbonyl (C=O) groups excluding carboxylic acids is 1. The first-order chi connectivity index (χ1) is 11.5. The smallest absolute Gasteiger partial charge is 0.319 e. The summed E-state index contributed by atoms with van der Waals surface area (Å²) in [7, 11) is 0. The molecule has 1 atom stereocenters. The summed E-state index contributed by atoms with van der Waals surface area (Å²) in [5.41, 5.74) is 0.610. The average molecular weight is 339 g/mol. The molecule has 0 spiro atoms. The number of ether oxygens (including phenoxy) is 2. The second-order valence-electron chi connectivity index (χ2n) is 5.61. The topological polar surface area (TPSA) is 91.9 Å². The lowest BCUT2D eigenvalue weighted by Gasteiger charge is -2.17. The standard InChI is InChI=1S/C17H29N3O4/c1-5-18-17(22)20-13-7-8-15(16(9-13)23-6-2)24-11-14(21)10-19-12(3)4/h7-9,12,14,19,21H,5-6,10-11H2,1-4H3,(H2,18,20,22)/t14-/m0/s1. The highest BCUT2D eigenvalue weighted by atomic mass is 16.5. The second kappa shape index (κ2) is 10.7. The first kappa shape index (κ1) is 20.1. The fraction of sp³-hybridized carbons (Fsp3) is 0.588. The van der Waals surface area contributed by atoms with Crippen molar-refractivity contribution in [3.05, 3.63) is 18.2 Å². The van der Waals surface area contributed by atoms with E-state index in [0.29, 0.717) is 42.9 Å². The fourth-order valence-corrected chi connectivity index (χ4v) is 1.93. The van der Waals surface area contributed by atoms with E-state index in [-0.39, 0.29) is 12.6 Å². The molecule has 0 heterocycles. The molecular weight excluding hydrogens is 310 g/mol. The van der Waals surface area contributed by atoms with E-state index >= 15 is 0 Å². The first-order valence-electron chi connectivity index (χ1n) is 8.32. The lowest BCUT2D eigenvalue weighted by atomic mass is 10.2. The van der Waals surface area contributed by atoms with Crippen LogP contribution in [-0.2, 0) is 0 Å². The van der Waals surface area contributed by atoms with E-state index in [1.54, 1.807) is 18.2 Å². The van der Waals surface area contributed by atoms with Crippen LogP contribution in [0.25, 0.3) is 0 Å². The van der Waals surface area contributed by atoms with Crippen LogP contribution < -0.4 is 25.4 Å². The molecule has 0 aliphatic heterocycles. The van der Waals surface area contributed by atoms with Gasteiger partial charge in [0.15, 0.2) is 11.5 Å². The van der Waals surface area contributed by atoms with Gasteiger partial charge in [-0.15, -0.1) is 0 Å². The van der Waals surface area contributed by atoms with Gasteiger partial charge in [-0.05, 0) is 26.0 Å². The highest BCUT2D eigenvalue weighted by Crippen LogP contribution is 2.30. The predicted molar refractivity (Wildman–Crippen MR) is 94.9 cm³/mol. The fourth-order valence-electron chi connectivity index (χ4n) is 1.93. The molecule has 0 saturated heterocycles. The van der Waals surface area contributed by atoms with Crippen LogP contribution in [0.2, 0.25) is 0 Å². The molecule has 0 radical (unpaired) electrons. The maximum Gasteiger partial charge on any atom is 0.319 e. The summed E-state index contributed by atoms with van der Waals surface area (Å²) in [6.45, 7) is 9.38. The van der Waals surface area contributed by atoms with Crippen molar-refractivity contribution >= 4 is 11.7 Å². The lowest BCUT2D eigenvalue weighted by molar-refractivity contribution is 0.102. The zero-order valence-electron chi connectivity index (χ0n) is 14.9. The summed E-state index contributed by atoms with van der Waals surface area (Å²) in [5, 5.41) is 18.5. The van der Waals surface area contributed by atoms with Crippen molar-refractivity contribution < 1.29 is 19.4 Å². The van der Waals surface area contributed by atoms with Gasteiger partial charge in [0, 0.05) is 30.9 Å². The minimum absolute atomic E-state index is 0.156. The average Bonchev–Trinajstić information content (AvgIpc) is 2.52. The molecule has 7 nitrogen and oxygen atoms in total. The van der Waals surface area contributed by atoms with Crippen molar-refractivity contribution in [2.24, 2.45) is 0 Å². The summed E-state index contributed by atoms with van der Waals surface area (Å²) in [4.78, 5) is 11.6. The van der Waals surface area contributed by atoms with Crippen LogP contribution in [-0.4, -0.2) is 49.6 Å². The monoisotopic (exact) mass is 339 g/mol. The van der Waals surface area contributed by atoms with Crippen LogP contribution in [0, 0.1) is 0 Å². The number of amides is 2. The van der Waals surface area contributed by atoms with Crippen LogP contribution >= 0.6 is 0 Å². The Morgan fingerprint density at radius 1 is 1.21 bits per heavy atom. The van der Waals surface area contributed by atoms with E-state index < -0.39 is 6.10 Å². The number of hydrogen-bond acceptors (Lipinski definition) is 5. The molecule has 2 amide bonds. The van der Waals surface area contributed by atoms with E-state index in [9.17, 15) is 9.90 Å². The van der Waals surface area contributed by atoms with Gasteiger partial charge in [0.05, 0.1) is 6.61 Å². The maximum absolute atomic E-state index is 11.6. The van der Waals surface area contributed by atoms with Crippen molar-refractivity contribution in [2.75, 3.05) is 31.6 Å². The van der Waals surface area contributed by atoms with Gasteiger partial charge in [-0.3, -0.25) is 0 Å². The zero-order valence-corrected chi connectivity index (χ0v) is 14.9. The number of carbonyl (C=O) groups is 1. The van der Waals surface area contributed by atoms with Gasteiger partial charge in [0.25, 0.3) is 0 Å². The molecule has 1 aromatic carbocycles. The van der Waals surface area contributed by atoms with Gasteiger partial charge in [-0.25, -0.2) is 4.79 Å². The van der Waals surface area contributed by atoms with Gasteiger partial charge >= 0.3 is 6.03 Å². The lowest BCUT2D eigenvalue weighted by Crippen LogP contribution is -2.35. The molecule has 1 aromatic rings. The summed E-state index contributed by atoms with van der Waals surface area (Å²) < 4.78 is 11.2. The Kier molecular flexibility index (Phi) is 8.96. The van der Waals surface area contributed by atoms with E-state index in [4.69, 9.17) is 9.47 Å². The number of rotatable bonds is 10. The van der Waals surface area contributed by atoms with Crippen LogP contribution in [0.1, 0.15) is 27.7 Å². The quantitative estimate of drug-likeness (QED) is 0.523. The van der Waals surface area contributed by atoms with E-state index in [1.165, 1.54) is 0 Å². The first-order valence-corrected chi connectivity index (χ1v) is 8.32. The number of aliphatic hydroxyl groups excluding tert-OH is 1. The Labute approximate surface area is 143 Å². The third kappa shape index (κ3) is 7.52. The van der Waals surface area contributed by atoms with Crippen LogP contribution in [0.15, 0.2) is 18.2 Å². The second-order valence-corrected chi connectivity index (χ2v) is 5.61. The Morgan fingerprint density at radius 3 is 2.58 bits per heavy atom. The Morgan fingerprint density at radius 2 is 1.96 bits per heavy atom. The van der Waals surface area contributed by atoms with Crippen LogP contribution in [0.5, 0.6) is 11.5 Å². The number of hydrogen-bond donors (Lipinski definition) is 4. The molecule has 0 aliphatic carbocycles. The molecule has 7 heteroatoms. The van der Waals surface area contributed by atoms with Crippen molar-refractivity contribution in [2.45, 2.75) is 39.8 Å². The summed E-state index contributed by atoms with van der Waals surface area (Å²) in [6.07, 6.45) is -0.616. The predicted octanol–water partition coefficient (Wildman–Crippen LogP) is 1.96.